The smallest absolute Gasteiger partial charge is 0.159 e. The third-order valence-corrected chi connectivity index (χ3v) is 29.8. The second kappa shape index (κ2) is 42.7. The Bertz CT molecular complexity index is 3470. The van der Waals surface area contributed by atoms with Gasteiger partial charge in [-0.25, -0.2) is 0 Å². The van der Waals surface area contributed by atoms with E-state index in [2.05, 4.69) is 0 Å². The van der Waals surface area contributed by atoms with E-state index in [1.54, 1.807) is 41.5 Å². The molecule has 112 heavy (non-hydrogen) atoms. The largest absolute Gasteiger partial charge is 0.390 e. The van der Waals surface area contributed by atoms with Gasteiger partial charge in [-0.05, 0) is 156 Å². The third kappa shape index (κ3) is 24.8. The highest BCUT2D eigenvalue weighted by Crippen LogP contribution is 2.50. The van der Waals surface area contributed by atoms with E-state index >= 15 is 0 Å². The molecule has 23 heteroatoms. The summed E-state index contributed by atoms with van der Waals surface area (Å²) in [4.78, 5) is 75.4. The summed E-state index contributed by atoms with van der Waals surface area (Å²) in [5, 5.41) is 61.9. The molecule has 6 aliphatic heterocycles. The minimum Gasteiger partial charge on any atom is -0.390 e. The molecule has 620 valence electrons. The molecule has 5 aromatic rings. The molecule has 0 aromatic heterocycles. The molecule has 0 radical (unpaired) electrons. The monoisotopic (exact) mass is 1640 g/mol. The van der Waals surface area contributed by atoms with Crippen LogP contribution in [0.3, 0.4) is 0 Å². The average Bonchev–Trinajstić information content (AvgIpc) is 0.782. The van der Waals surface area contributed by atoms with Gasteiger partial charge in [0.1, 0.15) is 63.8 Å². The van der Waals surface area contributed by atoms with Crippen LogP contribution in [0.4, 0.5) is 0 Å². The van der Waals surface area contributed by atoms with Gasteiger partial charge in [0.25, 0.3) is 0 Å². The van der Waals surface area contributed by atoms with E-state index in [0.717, 1.165) is 24.5 Å². The van der Waals surface area contributed by atoms with Crippen molar-refractivity contribution in [2.24, 2.45) is 69.0 Å². The average molecular weight is 1640 g/mol. The Labute approximate surface area is 687 Å². The molecular formula is C89H126O18S5. The van der Waals surface area contributed by atoms with E-state index < -0.39 is 89.6 Å². The number of hydrogen-bond acceptors (Lipinski definition) is 23. The van der Waals surface area contributed by atoms with Crippen molar-refractivity contribution in [3.8, 4) is 0 Å². The van der Waals surface area contributed by atoms with Crippen LogP contribution >= 0.6 is 58.8 Å². The van der Waals surface area contributed by atoms with Crippen molar-refractivity contribution in [3.63, 3.8) is 0 Å². The Morgan fingerprint density at radius 3 is 0.643 bits per heavy atom. The quantitative estimate of drug-likeness (QED) is 0.0535. The molecule has 11 rings (SSSR count). The van der Waals surface area contributed by atoms with Crippen molar-refractivity contribution >= 4 is 93.5 Å². The van der Waals surface area contributed by atoms with E-state index in [1.807, 2.05) is 269 Å². The zero-order valence-electron chi connectivity index (χ0n) is 69.6. The second-order valence-corrected chi connectivity index (χ2v) is 39.2. The molecule has 6 aliphatic rings. The lowest BCUT2D eigenvalue weighted by Gasteiger charge is -2.48. The highest BCUT2D eigenvalue weighted by molar-refractivity contribution is 8.00. The van der Waals surface area contributed by atoms with Gasteiger partial charge in [0.15, 0.2) is 34.7 Å². The normalized spacial score (nSPS) is 34.8. The Morgan fingerprint density at radius 1 is 0.259 bits per heavy atom. The van der Waals surface area contributed by atoms with Gasteiger partial charge in [-0.15, -0.1) is 0 Å². The second-order valence-electron chi connectivity index (χ2n) is 33.4. The zero-order chi connectivity index (χ0) is 83.8. The standard InChI is InChI=1S/3C16H22O3S.2C15H20O3S.C11H20O3/c3*1-10-13(18)15(20-12-8-6-5-7-9-12)19-14(11(2)17)16(10,3)4;2*1-9-10(2)14(11(3)16)18-15(13(9)17)19-12-7-5-4-6-8-12;1-6-9(13)8(3)14-10(7(2)12)11(6,4)5/h3*5-10,13-15,18H,1-4H3;2*4-10,13-15,17H,1-3H3;6,8-10,13H,1-5H3. The number of benzene rings is 5. The minimum atomic E-state index is -0.592. The van der Waals surface area contributed by atoms with E-state index in [1.165, 1.54) is 58.8 Å². The van der Waals surface area contributed by atoms with Gasteiger partial charge in [-0.3, -0.25) is 28.8 Å². The number of thioether (sulfide) groups is 5. The molecule has 5 aromatic carbocycles. The van der Waals surface area contributed by atoms with Crippen molar-refractivity contribution in [2.45, 2.75) is 290 Å². The van der Waals surface area contributed by atoms with Gasteiger partial charge in [-0.1, -0.05) is 261 Å². The van der Waals surface area contributed by atoms with Crippen molar-refractivity contribution in [2.75, 3.05) is 0 Å². The number of hydrogen-bond donors (Lipinski definition) is 6. The summed E-state index contributed by atoms with van der Waals surface area (Å²) in [6.45, 7) is 42.8. The predicted octanol–water partition coefficient (Wildman–Crippen LogP) is 16.2. The zero-order valence-corrected chi connectivity index (χ0v) is 73.7. The number of aliphatic hydroxyl groups is 6. The lowest BCUT2D eigenvalue weighted by molar-refractivity contribution is -0.197. The minimum absolute atomic E-state index is 0.00800. The first-order chi connectivity index (χ1) is 52.3. The van der Waals surface area contributed by atoms with Gasteiger partial charge in [0, 0.05) is 46.1 Å². The molecule has 6 N–H and O–H groups in total. The van der Waals surface area contributed by atoms with Crippen LogP contribution in [-0.2, 0) is 57.2 Å². The molecule has 0 saturated carbocycles. The Kier molecular flexibility index (Phi) is 36.7. The first-order valence-corrected chi connectivity index (χ1v) is 43.3. The Hall–Kier alpha value is -4.61. The van der Waals surface area contributed by atoms with Gasteiger partial charge in [0.2, 0.25) is 0 Å². The Morgan fingerprint density at radius 2 is 0.446 bits per heavy atom. The molecule has 26 atom stereocenters. The maximum absolute atomic E-state index is 11.8. The van der Waals surface area contributed by atoms with Crippen LogP contribution in [0.5, 0.6) is 0 Å². The van der Waals surface area contributed by atoms with Crippen molar-refractivity contribution in [3.05, 3.63) is 152 Å². The summed E-state index contributed by atoms with van der Waals surface area (Å²) in [6, 6.07) is 49.1. The van der Waals surface area contributed by atoms with Crippen LogP contribution in [-0.4, -0.2) is 172 Å². The third-order valence-electron chi connectivity index (χ3n) is 24.0. The summed E-state index contributed by atoms with van der Waals surface area (Å²) < 4.78 is 34.9. The first-order valence-electron chi connectivity index (χ1n) is 38.9. The van der Waals surface area contributed by atoms with Gasteiger partial charge in [-0.2, -0.15) is 0 Å². The molecule has 0 spiro atoms. The van der Waals surface area contributed by atoms with Gasteiger partial charge in [0.05, 0.1) is 42.7 Å². The SMILES string of the molecule is CC(=O)C1OC(C)C(O)C(C)C1(C)C.CC(=O)C1OC(Sc2ccccc2)C(O)C(C)C1(C)C.CC(=O)C1OC(Sc2ccccc2)C(O)C(C)C1(C)C.CC(=O)C1OC(Sc2ccccc2)C(O)C(C)C1(C)C.CC(=O)C1OC(Sc2ccccc2)C(O)C(C)C1C.CC(=O)C1OC(Sc2ccccc2)C(O)C(C)C1C. The van der Waals surface area contributed by atoms with Crippen LogP contribution < -0.4 is 0 Å². The summed E-state index contributed by atoms with van der Waals surface area (Å²) >= 11 is 7.37. The van der Waals surface area contributed by atoms with Crippen LogP contribution in [0.2, 0.25) is 0 Å². The van der Waals surface area contributed by atoms with Crippen LogP contribution in [0.25, 0.3) is 0 Å². The predicted molar refractivity (Wildman–Crippen MR) is 448 cm³/mol. The fourth-order valence-electron chi connectivity index (χ4n) is 14.9. The fraction of sp³-hybridized carbons (Fsp3) is 0.596. The molecule has 6 heterocycles. The van der Waals surface area contributed by atoms with Gasteiger partial charge >= 0.3 is 0 Å². The molecule has 0 amide bonds. The summed E-state index contributed by atoms with van der Waals surface area (Å²) in [5.74, 6) is 0.389. The number of ketones is 6. The molecule has 0 aliphatic carbocycles. The summed E-state index contributed by atoms with van der Waals surface area (Å²) in [5.41, 5.74) is -3.38. The molecule has 0 bridgehead atoms. The van der Waals surface area contributed by atoms with Crippen molar-refractivity contribution < 1.29 is 87.8 Å². The van der Waals surface area contributed by atoms with Crippen molar-refractivity contribution in [1.82, 2.24) is 0 Å². The summed E-state index contributed by atoms with van der Waals surface area (Å²) in [6.07, 6.45) is -6.27. The maximum Gasteiger partial charge on any atom is 0.159 e. The maximum atomic E-state index is 11.8. The lowest BCUT2D eigenvalue weighted by Crippen LogP contribution is -2.56. The highest BCUT2D eigenvalue weighted by Gasteiger charge is 2.54. The highest BCUT2D eigenvalue weighted by atomic mass is 32.2. The number of rotatable bonds is 16. The van der Waals surface area contributed by atoms with E-state index in [-0.39, 0.29) is 121 Å². The number of carbonyl (C=O) groups excluding carboxylic acids is 6. The van der Waals surface area contributed by atoms with Crippen molar-refractivity contribution in [1.29, 1.82) is 0 Å². The van der Waals surface area contributed by atoms with Gasteiger partial charge < -0.3 is 59.1 Å². The summed E-state index contributed by atoms with van der Waals surface area (Å²) in [7, 11) is 0. The van der Waals surface area contributed by atoms with Crippen LogP contribution in [0, 0.1) is 69.0 Å². The molecule has 26 unspecified atom stereocenters. The number of ether oxygens (including phenoxy) is 6. The first kappa shape index (κ1) is 96.2. The van der Waals surface area contributed by atoms with Crippen LogP contribution in [0.1, 0.15) is 159 Å². The van der Waals surface area contributed by atoms with E-state index in [9.17, 15) is 59.4 Å². The Balaban J connectivity index is 0.000000210. The van der Waals surface area contributed by atoms with E-state index in [0.29, 0.717) is 0 Å². The number of carbonyl (C=O) groups is 6. The van der Waals surface area contributed by atoms with E-state index in [4.69, 9.17) is 28.4 Å². The number of aliphatic hydroxyl groups excluding tert-OH is 6. The molecular weight excluding hydrogens is 1520 g/mol. The molecule has 18 nitrogen and oxygen atoms in total. The lowest BCUT2D eigenvalue weighted by atomic mass is 9.68. The molecule has 6 fully saturated rings. The van der Waals surface area contributed by atoms with Crippen LogP contribution in [0.15, 0.2) is 176 Å². The topological polar surface area (TPSA) is 279 Å². The fourth-order valence-corrected chi connectivity index (χ4v) is 20.6. The number of Topliss-reactive ketones (excluding diaryl/α,β-unsaturated/α-hetero) is 6. The molecule has 6 saturated heterocycles.